The molecule has 3 aromatic carbocycles. The fraction of sp³-hybridized carbons (Fsp3) is 0.0909. The second-order valence-electron chi connectivity index (χ2n) is 5.97. The average molecular weight is 348 g/mol. The first kappa shape index (κ1) is 15.8. The Bertz CT molecular complexity index is 890. The summed E-state index contributed by atoms with van der Waals surface area (Å²) in [5, 5.41) is 3.29. The number of alkyl halides is 1. The van der Waals surface area contributed by atoms with Gasteiger partial charge in [-0.05, 0) is 41.0 Å². The van der Waals surface area contributed by atoms with Crippen LogP contribution >= 0.6 is 11.6 Å². The van der Waals surface area contributed by atoms with Crippen LogP contribution in [0.2, 0.25) is 0 Å². The number of hydrogen-bond acceptors (Lipinski definition) is 2. The standard InChI is InChI=1S/C22H18ClNO/c23-22-14-19(17-9-5-2-6-10-17)20-13-18(11-12-21(20)24-22)25-15-16-7-3-1-4-8-16/h1-14,22,24H,15H2. The minimum Gasteiger partial charge on any atom is -0.489 e. The van der Waals surface area contributed by atoms with Crippen LogP contribution in [0.25, 0.3) is 5.57 Å². The minimum absolute atomic E-state index is 0.223. The molecule has 2 nitrogen and oxygen atoms in total. The van der Waals surface area contributed by atoms with Crippen molar-refractivity contribution in [2.75, 3.05) is 5.32 Å². The Labute approximate surface area is 152 Å². The highest BCUT2D eigenvalue weighted by Gasteiger charge is 2.19. The predicted molar refractivity (Wildman–Crippen MR) is 104 cm³/mol. The van der Waals surface area contributed by atoms with Gasteiger partial charge in [-0.25, -0.2) is 0 Å². The van der Waals surface area contributed by atoms with E-state index in [9.17, 15) is 0 Å². The highest BCUT2D eigenvalue weighted by atomic mass is 35.5. The molecular formula is C22H18ClNO. The van der Waals surface area contributed by atoms with Crippen molar-refractivity contribution in [1.29, 1.82) is 0 Å². The number of ether oxygens (including phenoxy) is 1. The third kappa shape index (κ3) is 3.54. The van der Waals surface area contributed by atoms with Crippen molar-refractivity contribution in [2.45, 2.75) is 12.1 Å². The molecule has 0 fully saturated rings. The number of hydrogen-bond donors (Lipinski definition) is 1. The molecule has 0 saturated carbocycles. The highest BCUT2D eigenvalue weighted by molar-refractivity contribution is 6.24. The van der Waals surface area contributed by atoms with E-state index < -0.39 is 0 Å². The molecule has 0 aliphatic carbocycles. The summed E-state index contributed by atoms with van der Waals surface area (Å²) in [5.41, 5.74) is 5.33. The van der Waals surface area contributed by atoms with Gasteiger partial charge >= 0.3 is 0 Å². The zero-order valence-electron chi connectivity index (χ0n) is 13.7. The first-order chi connectivity index (χ1) is 12.3. The van der Waals surface area contributed by atoms with E-state index in [2.05, 4.69) is 35.6 Å². The fourth-order valence-corrected chi connectivity index (χ4v) is 3.24. The van der Waals surface area contributed by atoms with E-state index in [4.69, 9.17) is 16.3 Å². The number of fused-ring (bicyclic) bond motifs is 1. The van der Waals surface area contributed by atoms with Crippen molar-refractivity contribution in [3.8, 4) is 5.75 Å². The van der Waals surface area contributed by atoms with Crippen molar-refractivity contribution in [3.05, 3.63) is 102 Å². The maximum atomic E-state index is 6.35. The maximum absolute atomic E-state index is 6.35. The summed E-state index contributed by atoms with van der Waals surface area (Å²) < 4.78 is 5.98. The zero-order chi connectivity index (χ0) is 17.1. The lowest BCUT2D eigenvalue weighted by Gasteiger charge is -2.24. The van der Waals surface area contributed by atoms with Crippen LogP contribution in [0.15, 0.2) is 84.9 Å². The van der Waals surface area contributed by atoms with Gasteiger partial charge in [-0.2, -0.15) is 0 Å². The molecule has 0 aromatic heterocycles. The van der Waals surface area contributed by atoms with E-state index in [0.717, 1.165) is 33.7 Å². The van der Waals surface area contributed by atoms with Gasteiger partial charge in [-0.15, -0.1) is 0 Å². The van der Waals surface area contributed by atoms with Gasteiger partial charge in [-0.1, -0.05) is 72.3 Å². The van der Waals surface area contributed by atoms with Gasteiger partial charge in [0.15, 0.2) is 0 Å². The molecular weight excluding hydrogens is 330 g/mol. The molecule has 0 amide bonds. The lowest BCUT2D eigenvalue weighted by Crippen LogP contribution is -2.16. The summed E-state index contributed by atoms with van der Waals surface area (Å²) in [7, 11) is 0. The molecule has 1 heterocycles. The van der Waals surface area contributed by atoms with Crippen molar-refractivity contribution >= 4 is 22.9 Å². The van der Waals surface area contributed by atoms with Crippen LogP contribution in [-0.4, -0.2) is 5.50 Å². The van der Waals surface area contributed by atoms with Crippen molar-refractivity contribution < 1.29 is 4.74 Å². The molecule has 1 atom stereocenters. The maximum Gasteiger partial charge on any atom is 0.121 e. The van der Waals surface area contributed by atoms with E-state index >= 15 is 0 Å². The summed E-state index contributed by atoms with van der Waals surface area (Å²) in [4.78, 5) is 0. The SMILES string of the molecule is ClC1C=C(c2ccccc2)c2cc(OCc3ccccc3)ccc2N1. The zero-order valence-corrected chi connectivity index (χ0v) is 14.4. The van der Waals surface area contributed by atoms with E-state index in [1.54, 1.807) is 0 Å². The number of nitrogens with one attached hydrogen (secondary N) is 1. The second kappa shape index (κ2) is 7.04. The summed E-state index contributed by atoms with van der Waals surface area (Å²) in [6.45, 7) is 0.551. The van der Waals surface area contributed by atoms with Crippen molar-refractivity contribution in [2.24, 2.45) is 0 Å². The molecule has 3 aromatic rings. The normalized spacial score (nSPS) is 15.7. The van der Waals surface area contributed by atoms with Gasteiger partial charge in [0.2, 0.25) is 0 Å². The molecule has 0 bridgehead atoms. The van der Waals surface area contributed by atoms with Crippen LogP contribution < -0.4 is 10.1 Å². The Hall–Kier alpha value is -2.71. The molecule has 4 rings (SSSR count). The lowest BCUT2D eigenvalue weighted by atomic mass is 9.93. The molecule has 3 heteroatoms. The Morgan fingerprint density at radius 2 is 1.60 bits per heavy atom. The largest absolute Gasteiger partial charge is 0.489 e. The Morgan fingerprint density at radius 1 is 0.880 bits per heavy atom. The smallest absolute Gasteiger partial charge is 0.121 e. The number of rotatable bonds is 4. The molecule has 1 unspecified atom stereocenters. The minimum atomic E-state index is -0.223. The van der Waals surface area contributed by atoms with Crippen molar-refractivity contribution in [3.63, 3.8) is 0 Å². The van der Waals surface area contributed by atoms with Gasteiger partial charge in [0.1, 0.15) is 17.9 Å². The van der Waals surface area contributed by atoms with E-state index in [1.807, 2.05) is 54.6 Å². The molecule has 25 heavy (non-hydrogen) atoms. The second-order valence-corrected chi connectivity index (χ2v) is 6.44. The molecule has 124 valence electrons. The summed E-state index contributed by atoms with van der Waals surface area (Å²) in [5.74, 6) is 0.847. The van der Waals surface area contributed by atoms with E-state index in [0.29, 0.717) is 6.61 Å². The Kier molecular flexibility index (Phi) is 4.45. The first-order valence-corrected chi connectivity index (χ1v) is 8.72. The fourth-order valence-electron chi connectivity index (χ4n) is 3.00. The third-order valence-corrected chi connectivity index (χ3v) is 4.46. The van der Waals surface area contributed by atoms with Crippen molar-refractivity contribution in [1.82, 2.24) is 0 Å². The Morgan fingerprint density at radius 3 is 2.36 bits per heavy atom. The van der Waals surface area contributed by atoms with Gasteiger partial charge in [0.05, 0.1) is 0 Å². The van der Waals surface area contributed by atoms with Crippen LogP contribution in [0.5, 0.6) is 5.75 Å². The number of halogens is 1. The first-order valence-electron chi connectivity index (χ1n) is 8.28. The van der Waals surface area contributed by atoms with Crippen LogP contribution in [0, 0.1) is 0 Å². The van der Waals surface area contributed by atoms with Crippen LogP contribution in [0.4, 0.5) is 5.69 Å². The molecule has 1 aliphatic rings. The van der Waals surface area contributed by atoms with Crippen LogP contribution in [-0.2, 0) is 6.61 Å². The Balaban J connectivity index is 1.64. The molecule has 0 spiro atoms. The number of anilines is 1. The topological polar surface area (TPSA) is 21.3 Å². The van der Waals surface area contributed by atoms with Crippen LogP contribution in [0.3, 0.4) is 0 Å². The molecule has 1 N–H and O–H groups in total. The van der Waals surface area contributed by atoms with E-state index in [-0.39, 0.29) is 5.50 Å². The van der Waals surface area contributed by atoms with Gasteiger partial charge < -0.3 is 10.1 Å². The predicted octanol–water partition coefficient (Wildman–Crippen LogP) is 5.69. The van der Waals surface area contributed by atoms with Crippen LogP contribution in [0.1, 0.15) is 16.7 Å². The lowest BCUT2D eigenvalue weighted by molar-refractivity contribution is 0.306. The molecule has 1 aliphatic heterocycles. The highest BCUT2D eigenvalue weighted by Crippen LogP contribution is 2.37. The van der Waals surface area contributed by atoms with E-state index in [1.165, 1.54) is 0 Å². The molecule has 0 saturated heterocycles. The summed E-state index contributed by atoms with van der Waals surface area (Å²) >= 11 is 6.35. The summed E-state index contributed by atoms with van der Waals surface area (Å²) in [6, 6.07) is 26.6. The monoisotopic (exact) mass is 347 g/mol. The van der Waals surface area contributed by atoms with Gasteiger partial charge in [-0.3, -0.25) is 0 Å². The van der Waals surface area contributed by atoms with Gasteiger partial charge in [0, 0.05) is 11.3 Å². The van der Waals surface area contributed by atoms with Gasteiger partial charge in [0.25, 0.3) is 0 Å². The quantitative estimate of drug-likeness (QED) is 0.483. The average Bonchev–Trinajstić information content (AvgIpc) is 2.67. The number of benzene rings is 3. The third-order valence-electron chi connectivity index (χ3n) is 4.22. The summed E-state index contributed by atoms with van der Waals surface area (Å²) in [6.07, 6.45) is 2.04. The molecule has 0 radical (unpaired) electrons.